The van der Waals surface area contributed by atoms with Crippen LogP contribution in [-0.4, -0.2) is 16.5 Å². The summed E-state index contributed by atoms with van der Waals surface area (Å²) in [5.41, 5.74) is 2.02. The molecule has 0 atom stereocenters. The topological polar surface area (TPSA) is 37.8 Å². The summed E-state index contributed by atoms with van der Waals surface area (Å²) in [6.07, 6.45) is 1.07. The molecular weight excluding hydrogens is 334 g/mol. The van der Waals surface area contributed by atoms with Crippen LogP contribution in [0.2, 0.25) is 0 Å². The fraction of sp³-hybridized carbons (Fsp3) is 0.200. The minimum absolute atomic E-state index is 0.768. The summed E-state index contributed by atoms with van der Waals surface area (Å²) in [6.45, 7) is 3.06. The quantitative estimate of drug-likeness (QED) is 0.725. The smallest absolute Gasteiger partial charge is 0.163 e. The van der Waals surface area contributed by atoms with Gasteiger partial charge in [-0.25, -0.2) is 9.97 Å². The summed E-state index contributed by atoms with van der Waals surface area (Å²) in [5.74, 6) is 1.68. The van der Waals surface area contributed by atoms with E-state index in [-0.39, 0.29) is 0 Å². The van der Waals surface area contributed by atoms with Crippen molar-refractivity contribution in [3.05, 3.63) is 39.5 Å². The third-order valence-electron chi connectivity index (χ3n) is 2.97. The molecule has 1 aromatic carbocycles. The molecule has 0 aliphatic carbocycles. The minimum Gasteiger partial charge on any atom is -0.369 e. The van der Waals surface area contributed by atoms with Gasteiger partial charge >= 0.3 is 0 Å². The zero-order valence-corrected chi connectivity index (χ0v) is 13.5. The van der Waals surface area contributed by atoms with Gasteiger partial charge in [0.15, 0.2) is 5.82 Å². The second-order valence-corrected chi connectivity index (χ2v) is 6.77. The first kappa shape index (κ1) is 13.5. The minimum atomic E-state index is 0.768. The van der Waals surface area contributed by atoms with E-state index in [1.807, 2.05) is 18.2 Å². The summed E-state index contributed by atoms with van der Waals surface area (Å²) in [7, 11) is 0. The van der Waals surface area contributed by atoms with Crippen LogP contribution in [0, 0.1) is 0 Å². The first-order valence-corrected chi connectivity index (χ1v) is 8.20. The van der Waals surface area contributed by atoms with E-state index in [4.69, 9.17) is 0 Å². The summed E-state index contributed by atoms with van der Waals surface area (Å²) in [4.78, 5) is 9.35. The summed E-state index contributed by atoms with van der Waals surface area (Å²) in [6, 6.07) is 10.2. The zero-order chi connectivity index (χ0) is 13.9. The van der Waals surface area contributed by atoms with Crippen LogP contribution in [0.25, 0.3) is 22.3 Å². The van der Waals surface area contributed by atoms with Crippen LogP contribution < -0.4 is 5.32 Å². The molecule has 20 heavy (non-hydrogen) atoms. The van der Waals surface area contributed by atoms with Crippen molar-refractivity contribution >= 4 is 44.0 Å². The SMILES string of the molecule is CCCNc1nc(-c2csc(Br)c2)nc2ccccc12. The highest BCUT2D eigenvalue weighted by molar-refractivity contribution is 9.11. The molecule has 102 valence electrons. The highest BCUT2D eigenvalue weighted by Gasteiger charge is 2.10. The maximum Gasteiger partial charge on any atom is 0.163 e. The Bertz CT molecular complexity index is 739. The Balaban J connectivity index is 2.14. The van der Waals surface area contributed by atoms with Gasteiger partial charge in [0.05, 0.1) is 9.30 Å². The number of hydrogen-bond donors (Lipinski definition) is 1. The second kappa shape index (κ2) is 5.89. The lowest BCUT2D eigenvalue weighted by Gasteiger charge is -2.09. The second-order valence-electron chi connectivity index (χ2n) is 4.48. The first-order valence-electron chi connectivity index (χ1n) is 6.53. The lowest BCUT2D eigenvalue weighted by Crippen LogP contribution is -2.04. The van der Waals surface area contributed by atoms with Crippen LogP contribution in [0.4, 0.5) is 5.82 Å². The monoisotopic (exact) mass is 347 g/mol. The average molecular weight is 348 g/mol. The number of rotatable bonds is 4. The molecule has 3 nitrogen and oxygen atoms in total. The molecule has 0 aliphatic heterocycles. The summed E-state index contributed by atoms with van der Waals surface area (Å²) >= 11 is 5.13. The maximum atomic E-state index is 4.69. The first-order chi connectivity index (χ1) is 9.78. The normalized spacial score (nSPS) is 10.9. The number of benzene rings is 1. The van der Waals surface area contributed by atoms with Crippen molar-refractivity contribution in [1.82, 2.24) is 9.97 Å². The molecule has 0 spiro atoms. The molecule has 0 bridgehead atoms. The largest absolute Gasteiger partial charge is 0.369 e. The standard InChI is InChI=1S/C15H14BrN3S/c1-2-7-17-15-11-5-3-4-6-12(11)18-14(19-15)10-8-13(16)20-9-10/h3-6,8-9H,2,7H2,1H3,(H,17,18,19). The molecule has 3 rings (SSSR count). The van der Waals surface area contributed by atoms with E-state index in [1.165, 1.54) is 0 Å². The Kier molecular flexibility index (Phi) is 3.98. The van der Waals surface area contributed by atoms with Crippen molar-refractivity contribution < 1.29 is 0 Å². The Morgan fingerprint density at radius 3 is 2.85 bits per heavy atom. The Labute approximate surface area is 130 Å². The van der Waals surface area contributed by atoms with E-state index < -0.39 is 0 Å². The summed E-state index contributed by atoms with van der Waals surface area (Å²) in [5, 5.41) is 6.53. The van der Waals surface area contributed by atoms with Gasteiger partial charge in [-0.05, 0) is 40.5 Å². The number of nitrogens with zero attached hydrogens (tertiary/aromatic N) is 2. The number of aromatic nitrogens is 2. The van der Waals surface area contributed by atoms with E-state index in [9.17, 15) is 0 Å². The van der Waals surface area contributed by atoms with Gasteiger partial charge in [-0.15, -0.1) is 11.3 Å². The van der Waals surface area contributed by atoms with Crippen LogP contribution in [-0.2, 0) is 0 Å². The number of hydrogen-bond acceptors (Lipinski definition) is 4. The number of anilines is 1. The summed E-state index contributed by atoms with van der Waals surface area (Å²) < 4.78 is 1.09. The molecule has 1 N–H and O–H groups in total. The van der Waals surface area contributed by atoms with Crippen molar-refractivity contribution in [3.63, 3.8) is 0 Å². The van der Waals surface area contributed by atoms with Gasteiger partial charge in [0.1, 0.15) is 5.82 Å². The van der Waals surface area contributed by atoms with Gasteiger partial charge in [-0.1, -0.05) is 19.1 Å². The molecule has 0 radical (unpaired) electrons. The fourth-order valence-corrected chi connectivity index (χ4v) is 3.15. The molecule has 2 aromatic heterocycles. The number of thiophene rings is 1. The van der Waals surface area contributed by atoms with Gasteiger partial charge < -0.3 is 5.32 Å². The van der Waals surface area contributed by atoms with Crippen LogP contribution in [0.5, 0.6) is 0 Å². The third-order valence-corrected chi connectivity index (χ3v) is 4.48. The maximum absolute atomic E-state index is 4.69. The molecule has 0 amide bonds. The van der Waals surface area contributed by atoms with Gasteiger partial charge in [-0.2, -0.15) is 0 Å². The van der Waals surface area contributed by atoms with Crippen molar-refractivity contribution in [2.75, 3.05) is 11.9 Å². The van der Waals surface area contributed by atoms with Crippen LogP contribution in [0.15, 0.2) is 39.5 Å². The Morgan fingerprint density at radius 2 is 2.10 bits per heavy atom. The number of fused-ring (bicyclic) bond motifs is 1. The molecular formula is C15H14BrN3S. The molecule has 0 saturated carbocycles. The average Bonchev–Trinajstić information content (AvgIpc) is 2.91. The molecule has 0 fully saturated rings. The Morgan fingerprint density at radius 1 is 1.25 bits per heavy atom. The van der Waals surface area contributed by atoms with Crippen molar-refractivity contribution in [2.24, 2.45) is 0 Å². The van der Waals surface area contributed by atoms with Crippen molar-refractivity contribution in [1.29, 1.82) is 0 Å². The fourth-order valence-electron chi connectivity index (χ4n) is 2.01. The van der Waals surface area contributed by atoms with Crippen molar-refractivity contribution in [2.45, 2.75) is 13.3 Å². The molecule has 0 unspecified atom stereocenters. The number of halogens is 1. The third kappa shape index (κ3) is 2.69. The molecule has 5 heteroatoms. The molecule has 3 aromatic rings. The van der Waals surface area contributed by atoms with Crippen LogP contribution in [0.1, 0.15) is 13.3 Å². The van der Waals surface area contributed by atoms with E-state index >= 15 is 0 Å². The predicted molar refractivity (Wildman–Crippen MR) is 89.3 cm³/mol. The highest BCUT2D eigenvalue weighted by atomic mass is 79.9. The van der Waals surface area contributed by atoms with Crippen LogP contribution >= 0.6 is 27.3 Å². The zero-order valence-electron chi connectivity index (χ0n) is 11.1. The number of para-hydroxylation sites is 1. The van der Waals surface area contributed by atoms with E-state index in [2.05, 4.69) is 55.7 Å². The lowest BCUT2D eigenvalue weighted by molar-refractivity contribution is 0.970. The van der Waals surface area contributed by atoms with Gasteiger partial charge in [-0.3, -0.25) is 0 Å². The molecule has 2 heterocycles. The molecule has 0 saturated heterocycles. The van der Waals surface area contributed by atoms with Crippen LogP contribution in [0.3, 0.4) is 0 Å². The predicted octanol–water partition coefficient (Wildman–Crippen LogP) is 4.94. The Hall–Kier alpha value is -1.46. The number of nitrogens with one attached hydrogen (secondary N) is 1. The lowest BCUT2D eigenvalue weighted by atomic mass is 10.2. The highest BCUT2D eigenvalue weighted by Crippen LogP contribution is 2.30. The van der Waals surface area contributed by atoms with E-state index in [1.54, 1.807) is 11.3 Å². The van der Waals surface area contributed by atoms with Gasteiger partial charge in [0.25, 0.3) is 0 Å². The van der Waals surface area contributed by atoms with Gasteiger partial charge in [0.2, 0.25) is 0 Å². The van der Waals surface area contributed by atoms with E-state index in [0.717, 1.165) is 44.9 Å². The van der Waals surface area contributed by atoms with E-state index in [0.29, 0.717) is 0 Å². The van der Waals surface area contributed by atoms with Gasteiger partial charge in [0, 0.05) is 22.9 Å². The molecule has 0 aliphatic rings. The van der Waals surface area contributed by atoms with Crippen molar-refractivity contribution in [3.8, 4) is 11.4 Å².